The van der Waals surface area contributed by atoms with E-state index in [9.17, 15) is 9.59 Å². The lowest BCUT2D eigenvalue weighted by atomic mass is 9.94. The normalized spacial score (nSPS) is 17.7. The standard InChI is InChI=1S/C24H31N3O2/c1-4-16(3)22(24(29)26-20-12-10-17(5-2)11-13-20)27-23(28)21-14-18-8-6-7-9-19(18)15-25-21/h6-13,16,21-22,25H,4-5,14-15H2,1-3H3,(H,26,29)(H,27,28)/t16-,21+,22+/m0/s1. The lowest BCUT2D eigenvalue weighted by molar-refractivity contribution is -0.129. The summed E-state index contributed by atoms with van der Waals surface area (Å²) < 4.78 is 0. The van der Waals surface area contributed by atoms with Crippen LogP contribution in [0, 0.1) is 5.92 Å². The molecule has 5 nitrogen and oxygen atoms in total. The molecule has 0 radical (unpaired) electrons. The Morgan fingerprint density at radius 2 is 1.76 bits per heavy atom. The molecular formula is C24H31N3O2. The van der Waals surface area contributed by atoms with Crippen molar-refractivity contribution in [1.29, 1.82) is 0 Å². The van der Waals surface area contributed by atoms with Crippen molar-refractivity contribution in [1.82, 2.24) is 10.6 Å². The molecule has 1 aliphatic rings. The number of anilines is 1. The largest absolute Gasteiger partial charge is 0.343 e. The van der Waals surface area contributed by atoms with E-state index in [1.54, 1.807) is 0 Å². The highest BCUT2D eigenvalue weighted by Gasteiger charge is 2.30. The molecule has 2 amide bonds. The lowest BCUT2D eigenvalue weighted by Gasteiger charge is -2.29. The van der Waals surface area contributed by atoms with Gasteiger partial charge in [-0.2, -0.15) is 0 Å². The molecule has 0 unspecified atom stereocenters. The summed E-state index contributed by atoms with van der Waals surface area (Å²) in [5.74, 6) is -0.265. The van der Waals surface area contributed by atoms with Crippen LogP contribution in [0.15, 0.2) is 48.5 Å². The average Bonchev–Trinajstić information content (AvgIpc) is 2.76. The molecule has 0 saturated carbocycles. The summed E-state index contributed by atoms with van der Waals surface area (Å²) in [7, 11) is 0. The van der Waals surface area contributed by atoms with Crippen LogP contribution in [0.4, 0.5) is 5.69 Å². The topological polar surface area (TPSA) is 70.2 Å². The van der Waals surface area contributed by atoms with E-state index in [1.165, 1.54) is 16.7 Å². The molecule has 3 rings (SSSR count). The molecule has 0 spiro atoms. The first-order valence-electron chi connectivity index (χ1n) is 10.5. The predicted octanol–water partition coefficient (Wildman–Crippen LogP) is 3.43. The summed E-state index contributed by atoms with van der Waals surface area (Å²) in [6, 6.07) is 15.1. The molecule has 1 heterocycles. The summed E-state index contributed by atoms with van der Waals surface area (Å²) in [4.78, 5) is 25.9. The van der Waals surface area contributed by atoms with Gasteiger partial charge in [0.25, 0.3) is 0 Å². The van der Waals surface area contributed by atoms with Gasteiger partial charge in [-0.15, -0.1) is 0 Å². The maximum Gasteiger partial charge on any atom is 0.247 e. The predicted molar refractivity (Wildman–Crippen MR) is 117 cm³/mol. The summed E-state index contributed by atoms with van der Waals surface area (Å²) in [5.41, 5.74) is 4.38. The number of benzene rings is 2. The van der Waals surface area contributed by atoms with Gasteiger partial charge in [-0.1, -0.05) is 63.6 Å². The van der Waals surface area contributed by atoms with E-state index >= 15 is 0 Å². The highest BCUT2D eigenvalue weighted by Crippen LogP contribution is 2.18. The van der Waals surface area contributed by atoms with Gasteiger partial charge in [0.2, 0.25) is 11.8 Å². The summed E-state index contributed by atoms with van der Waals surface area (Å²) >= 11 is 0. The van der Waals surface area contributed by atoms with E-state index in [0.29, 0.717) is 13.0 Å². The van der Waals surface area contributed by atoms with Crippen LogP contribution in [0.25, 0.3) is 0 Å². The molecule has 154 valence electrons. The van der Waals surface area contributed by atoms with Crippen LogP contribution < -0.4 is 16.0 Å². The van der Waals surface area contributed by atoms with Crippen molar-refractivity contribution in [2.75, 3.05) is 5.32 Å². The molecule has 0 fully saturated rings. The maximum absolute atomic E-state index is 12.9. The molecule has 3 atom stereocenters. The third-order valence-corrected chi connectivity index (χ3v) is 5.82. The molecule has 3 N–H and O–H groups in total. The molecule has 1 aliphatic heterocycles. The monoisotopic (exact) mass is 393 g/mol. The van der Waals surface area contributed by atoms with Gasteiger partial charge < -0.3 is 16.0 Å². The number of nitrogens with one attached hydrogen (secondary N) is 3. The Bertz CT molecular complexity index is 847. The Balaban J connectivity index is 1.66. The smallest absolute Gasteiger partial charge is 0.247 e. The Hall–Kier alpha value is -2.66. The molecule has 29 heavy (non-hydrogen) atoms. The number of rotatable bonds is 7. The van der Waals surface area contributed by atoms with Crippen molar-refractivity contribution in [2.45, 2.75) is 58.7 Å². The summed E-state index contributed by atoms with van der Waals surface area (Å²) in [6.45, 7) is 6.79. The van der Waals surface area contributed by atoms with Gasteiger partial charge in [-0.25, -0.2) is 0 Å². The number of carbonyl (C=O) groups excluding carboxylic acids is 2. The second-order valence-corrected chi connectivity index (χ2v) is 7.82. The van der Waals surface area contributed by atoms with Crippen LogP contribution in [-0.2, 0) is 29.0 Å². The van der Waals surface area contributed by atoms with Crippen LogP contribution in [0.5, 0.6) is 0 Å². The van der Waals surface area contributed by atoms with E-state index in [2.05, 4.69) is 35.0 Å². The van der Waals surface area contributed by atoms with E-state index in [1.807, 2.05) is 50.2 Å². The molecule has 0 aromatic heterocycles. The molecule has 0 aliphatic carbocycles. The lowest BCUT2D eigenvalue weighted by Crippen LogP contribution is -2.55. The van der Waals surface area contributed by atoms with E-state index in [4.69, 9.17) is 0 Å². The minimum Gasteiger partial charge on any atom is -0.343 e. The fourth-order valence-corrected chi connectivity index (χ4v) is 3.64. The van der Waals surface area contributed by atoms with Crippen molar-refractivity contribution in [3.05, 3.63) is 65.2 Å². The summed E-state index contributed by atoms with van der Waals surface area (Å²) in [5, 5.41) is 9.25. The fraction of sp³-hybridized carbons (Fsp3) is 0.417. The molecule has 0 bridgehead atoms. The molecule has 0 saturated heterocycles. The van der Waals surface area contributed by atoms with Gasteiger partial charge in [0.1, 0.15) is 6.04 Å². The second-order valence-electron chi connectivity index (χ2n) is 7.82. The SMILES string of the molecule is CCc1ccc(NC(=O)[C@H](NC(=O)[C@H]2Cc3ccccc3CN2)[C@@H](C)CC)cc1. The second kappa shape index (κ2) is 9.70. The Morgan fingerprint density at radius 1 is 1.07 bits per heavy atom. The first-order chi connectivity index (χ1) is 14.0. The van der Waals surface area contributed by atoms with Crippen LogP contribution >= 0.6 is 0 Å². The molecular weight excluding hydrogens is 362 g/mol. The van der Waals surface area contributed by atoms with E-state index in [0.717, 1.165) is 18.5 Å². The van der Waals surface area contributed by atoms with Crippen molar-refractivity contribution >= 4 is 17.5 Å². The average molecular weight is 394 g/mol. The van der Waals surface area contributed by atoms with Gasteiger partial charge in [0.15, 0.2) is 0 Å². The van der Waals surface area contributed by atoms with Crippen molar-refractivity contribution < 1.29 is 9.59 Å². The van der Waals surface area contributed by atoms with Crippen LogP contribution in [-0.4, -0.2) is 23.9 Å². The van der Waals surface area contributed by atoms with Crippen LogP contribution in [0.2, 0.25) is 0 Å². The first-order valence-corrected chi connectivity index (χ1v) is 10.5. The minimum absolute atomic E-state index is 0.0322. The Labute approximate surface area is 173 Å². The zero-order chi connectivity index (χ0) is 20.8. The molecule has 5 heteroatoms. The number of carbonyl (C=O) groups is 2. The van der Waals surface area contributed by atoms with Crippen LogP contribution in [0.1, 0.15) is 43.9 Å². The molecule has 2 aromatic carbocycles. The highest BCUT2D eigenvalue weighted by atomic mass is 16.2. The first kappa shape index (κ1) is 21.1. The number of aryl methyl sites for hydroxylation is 1. The molecule has 2 aromatic rings. The maximum atomic E-state index is 12.9. The fourth-order valence-electron chi connectivity index (χ4n) is 3.64. The number of fused-ring (bicyclic) bond motifs is 1. The quantitative estimate of drug-likeness (QED) is 0.675. The van der Waals surface area contributed by atoms with Gasteiger partial charge in [0.05, 0.1) is 6.04 Å². The van der Waals surface area contributed by atoms with Crippen molar-refractivity contribution in [3.8, 4) is 0 Å². The summed E-state index contributed by atoms with van der Waals surface area (Å²) in [6.07, 6.45) is 2.39. The number of hydrogen-bond donors (Lipinski definition) is 3. The van der Waals surface area contributed by atoms with Gasteiger partial charge in [-0.3, -0.25) is 9.59 Å². The van der Waals surface area contributed by atoms with Gasteiger partial charge >= 0.3 is 0 Å². The minimum atomic E-state index is -0.572. The third-order valence-electron chi connectivity index (χ3n) is 5.82. The number of hydrogen-bond acceptors (Lipinski definition) is 3. The number of amides is 2. The van der Waals surface area contributed by atoms with Crippen molar-refractivity contribution in [2.24, 2.45) is 5.92 Å². The van der Waals surface area contributed by atoms with Gasteiger partial charge in [-0.05, 0) is 47.6 Å². The Morgan fingerprint density at radius 3 is 2.41 bits per heavy atom. The van der Waals surface area contributed by atoms with E-state index in [-0.39, 0.29) is 23.8 Å². The third kappa shape index (κ3) is 5.24. The van der Waals surface area contributed by atoms with Gasteiger partial charge in [0, 0.05) is 12.2 Å². The van der Waals surface area contributed by atoms with Crippen LogP contribution in [0.3, 0.4) is 0 Å². The van der Waals surface area contributed by atoms with Crippen molar-refractivity contribution in [3.63, 3.8) is 0 Å². The van der Waals surface area contributed by atoms with E-state index < -0.39 is 6.04 Å². The highest BCUT2D eigenvalue weighted by molar-refractivity contribution is 5.98. The zero-order valence-corrected chi connectivity index (χ0v) is 17.5. The Kier molecular flexibility index (Phi) is 7.04. The zero-order valence-electron chi connectivity index (χ0n) is 17.5.